The maximum absolute atomic E-state index is 11.8. The van der Waals surface area contributed by atoms with Gasteiger partial charge < -0.3 is 10.1 Å². The first-order valence-electron chi connectivity index (χ1n) is 7.65. The van der Waals surface area contributed by atoms with Gasteiger partial charge in [-0.1, -0.05) is 47.5 Å². The van der Waals surface area contributed by atoms with Crippen LogP contribution >= 0.6 is 0 Å². The van der Waals surface area contributed by atoms with Crippen molar-refractivity contribution in [3.8, 4) is 5.75 Å². The van der Waals surface area contributed by atoms with Crippen LogP contribution in [0.3, 0.4) is 0 Å². The Kier molecular flexibility index (Phi) is 6.01. The van der Waals surface area contributed by atoms with Gasteiger partial charge in [0.1, 0.15) is 5.75 Å². The maximum Gasteiger partial charge on any atom is 0.220 e. The summed E-state index contributed by atoms with van der Waals surface area (Å²) in [7, 11) is 0. The van der Waals surface area contributed by atoms with Gasteiger partial charge in [0.2, 0.25) is 5.91 Å². The molecule has 0 aromatic heterocycles. The van der Waals surface area contributed by atoms with Crippen molar-refractivity contribution in [1.82, 2.24) is 5.32 Å². The second-order valence-corrected chi connectivity index (χ2v) is 5.53. The van der Waals surface area contributed by atoms with Crippen molar-refractivity contribution in [3.63, 3.8) is 0 Å². The molecule has 3 heteroatoms. The normalized spacial score (nSPS) is 10.3. The summed E-state index contributed by atoms with van der Waals surface area (Å²) in [6, 6.07) is 16.1. The molecule has 0 spiro atoms. The SMILES string of the molecule is Cc1ccc(OCCCC(=O)NCc2cccc(C)c2)cc1. The molecule has 116 valence electrons. The highest BCUT2D eigenvalue weighted by Crippen LogP contribution is 2.11. The molecule has 0 saturated heterocycles. The number of benzene rings is 2. The minimum atomic E-state index is 0.0639. The Morgan fingerprint density at radius 1 is 1.05 bits per heavy atom. The maximum atomic E-state index is 11.8. The molecule has 0 heterocycles. The van der Waals surface area contributed by atoms with E-state index in [-0.39, 0.29) is 5.91 Å². The first-order valence-corrected chi connectivity index (χ1v) is 7.65. The molecule has 2 rings (SSSR count). The third kappa shape index (κ3) is 5.60. The van der Waals surface area contributed by atoms with Gasteiger partial charge in [-0.05, 0) is 38.0 Å². The predicted molar refractivity (Wildman–Crippen MR) is 88.9 cm³/mol. The van der Waals surface area contributed by atoms with Crippen molar-refractivity contribution in [2.75, 3.05) is 6.61 Å². The summed E-state index contributed by atoms with van der Waals surface area (Å²) in [6.07, 6.45) is 1.20. The third-order valence-electron chi connectivity index (χ3n) is 3.41. The van der Waals surface area contributed by atoms with Crippen LogP contribution in [0.2, 0.25) is 0 Å². The van der Waals surface area contributed by atoms with Crippen molar-refractivity contribution in [2.45, 2.75) is 33.2 Å². The van der Waals surface area contributed by atoms with Gasteiger partial charge in [-0.2, -0.15) is 0 Å². The quantitative estimate of drug-likeness (QED) is 0.790. The number of hydrogen-bond acceptors (Lipinski definition) is 2. The Balaban J connectivity index is 1.62. The molecule has 3 nitrogen and oxygen atoms in total. The Bertz CT molecular complexity index is 605. The summed E-state index contributed by atoms with van der Waals surface area (Å²) in [6.45, 7) is 5.23. The lowest BCUT2D eigenvalue weighted by Gasteiger charge is -2.08. The zero-order valence-electron chi connectivity index (χ0n) is 13.3. The molecular formula is C19H23NO2. The van der Waals surface area contributed by atoms with Gasteiger partial charge in [0.25, 0.3) is 0 Å². The number of carbonyl (C=O) groups is 1. The second kappa shape index (κ2) is 8.23. The van der Waals surface area contributed by atoms with E-state index in [1.807, 2.05) is 56.3 Å². The zero-order chi connectivity index (χ0) is 15.8. The summed E-state index contributed by atoms with van der Waals surface area (Å²) in [5.74, 6) is 0.916. The predicted octanol–water partition coefficient (Wildman–Crippen LogP) is 3.78. The molecular weight excluding hydrogens is 274 g/mol. The number of rotatable bonds is 7. The Morgan fingerprint density at radius 3 is 2.55 bits per heavy atom. The van der Waals surface area contributed by atoms with E-state index < -0.39 is 0 Å². The molecule has 2 aromatic rings. The van der Waals surface area contributed by atoms with Crippen LogP contribution in [0, 0.1) is 13.8 Å². The molecule has 0 aliphatic rings. The molecule has 0 atom stereocenters. The van der Waals surface area contributed by atoms with Crippen LogP contribution in [0.15, 0.2) is 48.5 Å². The Labute approximate surface area is 132 Å². The molecule has 1 N–H and O–H groups in total. The highest BCUT2D eigenvalue weighted by Gasteiger charge is 2.02. The fourth-order valence-corrected chi connectivity index (χ4v) is 2.17. The van der Waals surface area contributed by atoms with Gasteiger partial charge >= 0.3 is 0 Å². The Hall–Kier alpha value is -2.29. The van der Waals surface area contributed by atoms with Gasteiger partial charge in [-0.25, -0.2) is 0 Å². The van der Waals surface area contributed by atoms with Gasteiger partial charge in [0.05, 0.1) is 6.61 Å². The third-order valence-corrected chi connectivity index (χ3v) is 3.41. The van der Waals surface area contributed by atoms with Crippen LogP contribution in [-0.2, 0) is 11.3 Å². The van der Waals surface area contributed by atoms with Crippen LogP contribution in [0.1, 0.15) is 29.5 Å². The van der Waals surface area contributed by atoms with E-state index in [2.05, 4.69) is 11.4 Å². The largest absolute Gasteiger partial charge is 0.494 e. The van der Waals surface area contributed by atoms with Crippen LogP contribution in [0.4, 0.5) is 0 Å². The lowest BCUT2D eigenvalue weighted by molar-refractivity contribution is -0.121. The Morgan fingerprint density at radius 2 is 1.82 bits per heavy atom. The van der Waals surface area contributed by atoms with E-state index in [0.717, 1.165) is 11.3 Å². The highest BCUT2D eigenvalue weighted by atomic mass is 16.5. The van der Waals surface area contributed by atoms with E-state index in [1.165, 1.54) is 11.1 Å². The zero-order valence-corrected chi connectivity index (χ0v) is 13.3. The first kappa shape index (κ1) is 16.1. The minimum absolute atomic E-state index is 0.0639. The fourth-order valence-electron chi connectivity index (χ4n) is 2.17. The van der Waals surface area contributed by atoms with Gasteiger partial charge in [0, 0.05) is 13.0 Å². The monoisotopic (exact) mass is 297 g/mol. The van der Waals surface area contributed by atoms with Crippen LogP contribution in [-0.4, -0.2) is 12.5 Å². The van der Waals surface area contributed by atoms with E-state index in [1.54, 1.807) is 0 Å². The summed E-state index contributed by atoms with van der Waals surface area (Å²) in [5.41, 5.74) is 3.55. The number of carbonyl (C=O) groups excluding carboxylic acids is 1. The van der Waals surface area contributed by atoms with Gasteiger partial charge in [-0.3, -0.25) is 4.79 Å². The minimum Gasteiger partial charge on any atom is -0.494 e. The average Bonchev–Trinajstić information content (AvgIpc) is 2.51. The smallest absolute Gasteiger partial charge is 0.220 e. The number of hydrogen-bond donors (Lipinski definition) is 1. The number of aryl methyl sites for hydroxylation is 2. The summed E-state index contributed by atoms with van der Waals surface area (Å²) >= 11 is 0. The van der Waals surface area contributed by atoms with Crippen molar-refractivity contribution in [2.24, 2.45) is 0 Å². The van der Waals surface area contributed by atoms with E-state index in [0.29, 0.717) is 26.0 Å². The lowest BCUT2D eigenvalue weighted by Crippen LogP contribution is -2.23. The molecule has 0 aliphatic heterocycles. The topological polar surface area (TPSA) is 38.3 Å². The molecule has 0 saturated carbocycles. The molecule has 2 aromatic carbocycles. The van der Waals surface area contributed by atoms with Crippen molar-refractivity contribution < 1.29 is 9.53 Å². The van der Waals surface area contributed by atoms with Gasteiger partial charge in [-0.15, -0.1) is 0 Å². The van der Waals surface area contributed by atoms with Crippen molar-refractivity contribution in [3.05, 3.63) is 65.2 Å². The molecule has 0 bridgehead atoms. The molecule has 1 amide bonds. The molecule has 22 heavy (non-hydrogen) atoms. The van der Waals surface area contributed by atoms with Crippen molar-refractivity contribution in [1.29, 1.82) is 0 Å². The van der Waals surface area contributed by atoms with Crippen LogP contribution < -0.4 is 10.1 Å². The van der Waals surface area contributed by atoms with E-state index in [9.17, 15) is 4.79 Å². The van der Waals surface area contributed by atoms with Crippen LogP contribution in [0.25, 0.3) is 0 Å². The van der Waals surface area contributed by atoms with E-state index in [4.69, 9.17) is 4.74 Å². The molecule has 0 fully saturated rings. The number of nitrogens with one attached hydrogen (secondary N) is 1. The highest BCUT2D eigenvalue weighted by molar-refractivity contribution is 5.75. The summed E-state index contributed by atoms with van der Waals surface area (Å²) in [5, 5.41) is 2.94. The molecule has 0 aliphatic carbocycles. The standard InChI is InChI=1S/C19H23NO2/c1-15-8-10-18(11-9-15)22-12-4-7-19(21)20-14-17-6-3-5-16(2)13-17/h3,5-6,8-11,13H,4,7,12,14H2,1-2H3,(H,20,21). The van der Waals surface area contributed by atoms with E-state index >= 15 is 0 Å². The number of amides is 1. The summed E-state index contributed by atoms with van der Waals surface area (Å²) in [4.78, 5) is 11.8. The average molecular weight is 297 g/mol. The van der Waals surface area contributed by atoms with Gasteiger partial charge in [0.15, 0.2) is 0 Å². The van der Waals surface area contributed by atoms with Crippen LogP contribution in [0.5, 0.6) is 5.75 Å². The summed E-state index contributed by atoms with van der Waals surface area (Å²) < 4.78 is 5.61. The second-order valence-electron chi connectivity index (χ2n) is 5.53. The molecule has 0 radical (unpaired) electrons. The van der Waals surface area contributed by atoms with Crippen molar-refractivity contribution >= 4 is 5.91 Å². The fraction of sp³-hybridized carbons (Fsp3) is 0.316. The first-order chi connectivity index (χ1) is 10.6. The molecule has 0 unspecified atom stereocenters. The number of ether oxygens (including phenoxy) is 1. The lowest BCUT2D eigenvalue weighted by atomic mass is 10.1.